The van der Waals surface area contributed by atoms with Crippen LogP contribution in [0, 0.1) is 6.92 Å². The lowest BCUT2D eigenvalue weighted by atomic mass is 9.93. The minimum Gasteiger partial charge on any atom is -0.381 e. The Morgan fingerprint density at radius 2 is 2.12 bits per heavy atom. The molecule has 0 spiro atoms. The maximum absolute atomic E-state index is 5.35. The summed E-state index contributed by atoms with van der Waals surface area (Å²) in [4.78, 5) is 4.18. The average Bonchev–Trinajstić information content (AvgIpc) is 2.76. The molecule has 1 N–H and O–H groups in total. The van der Waals surface area contributed by atoms with Crippen LogP contribution < -0.4 is 5.32 Å². The van der Waals surface area contributed by atoms with Gasteiger partial charge in [-0.05, 0) is 32.6 Å². The molecule has 1 aliphatic rings. The number of ether oxygens (including phenoxy) is 1. The predicted molar refractivity (Wildman–Crippen MR) is 63.8 cm³/mol. The fourth-order valence-corrected chi connectivity index (χ4v) is 2.33. The highest BCUT2D eigenvalue weighted by Gasteiger charge is 2.20. The lowest BCUT2D eigenvalue weighted by Crippen LogP contribution is -2.36. The van der Waals surface area contributed by atoms with Gasteiger partial charge in [-0.25, -0.2) is 0 Å². The molecule has 0 amide bonds. The summed E-state index contributed by atoms with van der Waals surface area (Å²) in [6.07, 6.45) is 5.99. The molecule has 0 unspecified atom stereocenters. The number of hydrogen-bond donors (Lipinski definition) is 1. The third kappa shape index (κ3) is 3.78. The van der Waals surface area contributed by atoms with Gasteiger partial charge in [-0.15, -0.1) is 0 Å². The Labute approximate surface area is 102 Å². The number of rotatable bonds is 5. The lowest BCUT2D eigenvalue weighted by Gasteiger charge is -2.28. The number of hydrogen-bond acceptors (Lipinski definition) is 5. The van der Waals surface area contributed by atoms with E-state index in [4.69, 9.17) is 9.26 Å². The largest absolute Gasteiger partial charge is 0.381 e. The van der Waals surface area contributed by atoms with Gasteiger partial charge in [0.2, 0.25) is 5.89 Å². The minimum atomic E-state index is 0.464. The minimum absolute atomic E-state index is 0.464. The maximum Gasteiger partial charge on any atom is 0.227 e. The topological polar surface area (TPSA) is 60.2 Å². The second kappa shape index (κ2) is 6.12. The fourth-order valence-electron chi connectivity index (χ4n) is 2.33. The number of nitrogens with one attached hydrogen (secondary N) is 1. The molecule has 5 nitrogen and oxygen atoms in total. The third-order valence-corrected chi connectivity index (χ3v) is 3.35. The van der Waals surface area contributed by atoms with Gasteiger partial charge in [-0.2, -0.15) is 4.98 Å². The summed E-state index contributed by atoms with van der Waals surface area (Å²) in [5.74, 6) is 1.43. The van der Waals surface area contributed by atoms with Crippen LogP contribution in [0.3, 0.4) is 0 Å². The van der Waals surface area contributed by atoms with Gasteiger partial charge in [0, 0.05) is 26.1 Å². The Bertz CT molecular complexity index is 332. The monoisotopic (exact) mass is 239 g/mol. The molecule has 0 saturated heterocycles. The Kier molecular flexibility index (Phi) is 4.50. The van der Waals surface area contributed by atoms with E-state index >= 15 is 0 Å². The summed E-state index contributed by atoms with van der Waals surface area (Å²) in [6.45, 7) is 2.75. The smallest absolute Gasteiger partial charge is 0.227 e. The molecule has 0 radical (unpaired) electrons. The van der Waals surface area contributed by atoms with Crippen LogP contribution in [-0.2, 0) is 11.2 Å². The molecule has 0 atom stereocenters. The average molecular weight is 239 g/mol. The summed E-state index contributed by atoms with van der Waals surface area (Å²) in [5, 5.41) is 7.31. The summed E-state index contributed by atoms with van der Waals surface area (Å²) in [5.41, 5.74) is 0. The zero-order valence-corrected chi connectivity index (χ0v) is 10.6. The van der Waals surface area contributed by atoms with Gasteiger partial charge >= 0.3 is 0 Å². The van der Waals surface area contributed by atoms with E-state index in [1.807, 2.05) is 6.92 Å². The van der Waals surface area contributed by atoms with Crippen molar-refractivity contribution in [2.24, 2.45) is 0 Å². The Morgan fingerprint density at radius 1 is 1.35 bits per heavy atom. The Hall–Kier alpha value is -0.940. The molecule has 0 bridgehead atoms. The van der Waals surface area contributed by atoms with Crippen LogP contribution in [0.1, 0.15) is 37.4 Å². The molecular formula is C12H21N3O2. The summed E-state index contributed by atoms with van der Waals surface area (Å²) < 4.78 is 10.4. The molecule has 17 heavy (non-hydrogen) atoms. The van der Waals surface area contributed by atoms with Gasteiger partial charge in [0.05, 0.1) is 6.10 Å². The molecule has 0 aliphatic heterocycles. The van der Waals surface area contributed by atoms with Gasteiger partial charge in [-0.3, -0.25) is 0 Å². The van der Waals surface area contributed by atoms with E-state index in [-0.39, 0.29) is 0 Å². The lowest BCUT2D eigenvalue weighted by molar-refractivity contribution is 0.0626. The van der Waals surface area contributed by atoms with Crippen LogP contribution in [0.5, 0.6) is 0 Å². The molecular weight excluding hydrogens is 218 g/mol. The molecule has 0 aromatic carbocycles. The van der Waals surface area contributed by atoms with E-state index in [0.717, 1.165) is 31.7 Å². The van der Waals surface area contributed by atoms with Crippen LogP contribution in [0.4, 0.5) is 0 Å². The number of methoxy groups -OCH3 is 1. The van der Waals surface area contributed by atoms with Crippen LogP contribution in [-0.4, -0.2) is 35.9 Å². The van der Waals surface area contributed by atoms with Gasteiger partial charge < -0.3 is 14.6 Å². The molecule has 1 aromatic heterocycles. The van der Waals surface area contributed by atoms with Crippen LogP contribution >= 0.6 is 0 Å². The van der Waals surface area contributed by atoms with Crippen molar-refractivity contribution in [2.45, 2.75) is 51.2 Å². The normalized spacial score (nSPS) is 25.1. The predicted octanol–water partition coefficient (Wildman–Crippen LogP) is 1.47. The van der Waals surface area contributed by atoms with E-state index in [2.05, 4.69) is 15.5 Å². The van der Waals surface area contributed by atoms with Crippen molar-refractivity contribution >= 4 is 0 Å². The van der Waals surface area contributed by atoms with E-state index < -0.39 is 0 Å². The Balaban J connectivity index is 1.63. The fraction of sp³-hybridized carbons (Fsp3) is 0.833. The van der Waals surface area contributed by atoms with Gasteiger partial charge in [0.1, 0.15) is 0 Å². The van der Waals surface area contributed by atoms with E-state index in [0.29, 0.717) is 18.0 Å². The van der Waals surface area contributed by atoms with Crippen molar-refractivity contribution in [3.05, 3.63) is 11.7 Å². The standard InChI is InChI=1S/C12H21N3O2/c1-9-14-12(17-15-9)7-8-13-10-3-5-11(16-2)6-4-10/h10-11,13H,3-8H2,1-2H3. The zero-order valence-electron chi connectivity index (χ0n) is 10.6. The zero-order chi connectivity index (χ0) is 12.1. The molecule has 5 heteroatoms. The third-order valence-electron chi connectivity index (χ3n) is 3.35. The number of nitrogens with zero attached hydrogens (tertiary/aromatic N) is 2. The maximum atomic E-state index is 5.35. The molecule has 1 heterocycles. The second-order valence-electron chi connectivity index (χ2n) is 4.65. The molecule has 2 rings (SSSR count). The highest BCUT2D eigenvalue weighted by molar-refractivity contribution is 4.84. The van der Waals surface area contributed by atoms with Gasteiger partial charge in [0.15, 0.2) is 5.82 Å². The van der Waals surface area contributed by atoms with Crippen LogP contribution in [0.15, 0.2) is 4.52 Å². The van der Waals surface area contributed by atoms with Crippen molar-refractivity contribution in [2.75, 3.05) is 13.7 Å². The van der Waals surface area contributed by atoms with Gasteiger partial charge in [0.25, 0.3) is 0 Å². The first-order chi connectivity index (χ1) is 8.28. The number of aromatic nitrogens is 2. The molecule has 1 fully saturated rings. The summed E-state index contributed by atoms with van der Waals surface area (Å²) >= 11 is 0. The Morgan fingerprint density at radius 3 is 2.71 bits per heavy atom. The van der Waals surface area contributed by atoms with Crippen molar-refractivity contribution < 1.29 is 9.26 Å². The van der Waals surface area contributed by atoms with Gasteiger partial charge in [-0.1, -0.05) is 5.16 Å². The first kappa shape index (κ1) is 12.5. The van der Waals surface area contributed by atoms with Crippen molar-refractivity contribution in [1.29, 1.82) is 0 Å². The first-order valence-electron chi connectivity index (χ1n) is 6.33. The van der Waals surface area contributed by atoms with E-state index in [1.54, 1.807) is 7.11 Å². The van der Waals surface area contributed by atoms with Crippen molar-refractivity contribution in [3.8, 4) is 0 Å². The van der Waals surface area contributed by atoms with Crippen molar-refractivity contribution in [3.63, 3.8) is 0 Å². The van der Waals surface area contributed by atoms with Crippen molar-refractivity contribution in [1.82, 2.24) is 15.5 Å². The SMILES string of the molecule is COC1CCC(NCCc2nc(C)no2)CC1. The first-order valence-corrected chi connectivity index (χ1v) is 6.33. The highest BCUT2D eigenvalue weighted by atomic mass is 16.5. The summed E-state index contributed by atoms with van der Waals surface area (Å²) in [7, 11) is 1.80. The quantitative estimate of drug-likeness (QED) is 0.843. The molecule has 1 saturated carbocycles. The molecule has 1 aromatic rings. The summed E-state index contributed by atoms with van der Waals surface area (Å²) in [6, 6.07) is 0.616. The van der Waals surface area contributed by atoms with Crippen LogP contribution in [0.25, 0.3) is 0 Å². The second-order valence-corrected chi connectivity index (χ2v) is 4.65. The molecule has 96 valence electrons. The van der Waals surface area contributed by atoms with E-state index in [9.17, 15) is 0 Å². The highest BCUT2D eigenvalue weighted by Crippen LogP contribution is 2.20. The molecule has 1 aliphatic carbocycles. The number of aryl methyl sites for hydroxylation is 1. The van der Waals surface area contributed by atoms with Crippen LogP contribution in [0.2, 0.25) is 0 Å². The van der Waals surface area contributed by atoms with E-state index in [1.165, 1.54) is 12.8 Å².